The molecule has 2 N–H and O–H groups in total. The van der Waals surface area contributed by atoms with Crippen molar-refractivity contribution in [3.63, 3.8) is 0 Å². The number of amides is 2. The van der Waals surface area contributed by atoms with Gasteiger partial charge in [-0.05, 0) is 42.0 Å². The Bertz CT molecular complexity index is 646. The van der Waals surface area contributed by atoms with Crippen LogP contribution in [0.25, 0.3) is 0 Å². The van der Waals surface area contributed by atoms with Gasteiger partial charge < -0.3 is 10.6 Å². The van der Waals surface area contributed by atoms with Crippen molar-refractivity contribution < 1.29 is 9.59 Å². The molecule has 0 unspecified atom stereocenters. The van der Waals surface area contributed by atoms with Gasteiger partial charge in [0.25, 0.3) is 0 Å². The van der Waals surface area contributed by atoms with E-state index in [1.807, 2.05) is 41.8 Å². The molecule has 1 aromatic heterocycles. The zero-order valence-corrected chi connectivity index (χ0v) is 13.0. The van der Waals surface area contributed by atoms with Crippen molar-refractivity contribution in [2.45, 2.75) is 25.8 Å². The van der Waals surface area contributed by atoms with Gasteiger partial charge in [0.05, 0.1) is 13.0 Å². The maximum atomic E-state index is 11.9. The average Bonchev–Trinajstić information content (AvgIpc) is 3.24. The summed E-state index contributed by atoms with van der Waals surface area (Å²) in [6, 6.07) is 11.4. The first-order valence-corrected chi connectivity index (χ1v) is 8.27. The minimum Gasteiger partial charge on any atom is -0.351 e. The standard InChI is InChI=1S/C17H18N2O2S/c20-16(18-11-15-2-1-9-22-15)10-12-3-7-14(8-4-12)19-17(21)13-5-6-13/h1-4,7-9,13H,5-6,10-11H2,(H,18,20)(H,19,21). The second-order valence-electron chi connectivity index (χ2n) is 5.49. The first-order chi connectivity index (χ1) is 10.7. The zero-order valence-electron chi connectivity index (χ0n) is 12.2. The highest BCUT2D eigenvalue weighted by molar-refractivity contribution is 7.09. The molecule has 0 aliphatic heterocycles. The first-order valence-electron chi connectivity index (χ1n) is 7.39. The van der Waals surface area contributed by atoms with E-state index in [0.29, 0.717) is 13.0 Å². The number of nitrogens with one attached hydrogen (secondary N) is 2. The summed E-state index contributed by atoms with van der Waals surface area (Å²) in [5.74, 6) is 0.298. The van der Waals surface area contributed by atoms with Gasteiger partial charge in [-0.3, -0.25) is 9.59 Å². The monoisotopic (exact) mass is 314 g/mol. The van der Waals surface area contributed by atoms with Crippen molar-refractivity contribution >= 4 is 28.8 Å². The van der Waals surface area contributed by atoms with Gasteiger partial charge in [0.2, 0.25) is 11.8 Å². The predicted molar refractivity (Wildman–Crippen MR) is 87.7 cm³/mol. The average molecular weight is 314 g/mol. The molecular weight excluding hydrogens is 296 g/mol. The van der Waals surface area contributed by atoms with Crippen molar-refractivity contribution in [1.29, 1.82) is 0 Å². The van der Waals surface area contributed by atoms with E-state index in [1.54, 1.807) is 11.3 Å². The predicted octanol–water partition coefficient (Wildman–Crippen LogP) is 2.96. The molecule has 1 aromatic carbocycles. The molecule has 0 radical (unpaired) electrons. The third kappa shape index (κ3) is 4.18. The van der Waals surface area contributed by atoms with E-state index in [4.69, 9.17) is 0 Å². The molecule has 3 rings (SSSR count). The van der Waals surface area contributed by atoms with Crippen LogP contribution in [0.4, 0.5) is 5.69 Å². The summed E-state index contributed by atoms with van der Waals surface area (Å²) < 4.78 is 0. The van der Waals surface area contributed by atoms with Crippen LogP contribution in [0.2, 0.25) is 0 Å². The van der Waals surface area contributed by atoms with Gasteiger partial charge in [0.1, 0.15) is 0 Å². The van der Waals surface area contributed by atoms with Crippen LogP contribution in [0.15, 0.2) is 41.8 Å². The van der Waals surface area contributed by atoms with Crippen LogP contribution in [-0.2, 0) is 22.6 Å². The lowest BCUT2D eigenvalue weighted by molar-refractivity contribution is -0.120. The fourth-order valence-corrected chi connectivity index (χ4v) is 2.79. The fourth-order valence-electron chi connectivity index (χ4n) is 2.14. The summed E-state index contributed by atoms with van der Waals surface area (Å²) in [5, 5.41) is 7.79. The quantitative estimate of drug-likeness (QED) is 0.861. The molecule has 1 aliphatic rings. The number of hydrogen-bond acceptors (Lipinski definition) is 3. The zero-order chi connectivity index (χ0) is 15.4. The highest BCUT2D eigenvalue weighted by atomic mass is 32.1. The lowest BCUT2D eigenvalue weighted by atomic mass is 10.1. The van der Waals surface area contributed by atoms with Crippen molar-refractivity contribution in [3.05, 3.63) is 52.2 Å². The molecule has 1 saturated carbocycles. The maximum absolute atomic E-state index is 11.9. The summed E-state index contributed by atoms with van der Waals surface area (Å²) in [4.78, 5) is 24.7. The van der Waals surface area contributed by atoms with E-state index in [0.717, 1.165) is 29.0 Å². The van der Waals surface area contributed by atoms with Gasteiger partial charge in [0, 0.05) is 16.5 Å². The summed E-state index contributed by atoms with van der Waals surface area (Å²) in [5.41, 5.74) is 1.73. The van der Waals surface area contributed by atoms with E-state index >= 15 is 0 Å². The molecule has 2 amide bonds. The molecule has 0 saturated heterocycles. The van der Waals surface area contributed by atoms with Crippen molar-refractivity contribution in [2.75, 3.05) is 5.32 Å². The molecule has 1 fully saturated rings. The van der Waals surface area contributed by atoms with Crippen LogP contribution in [-0.4, -0.2) is 11.8 Å². The van der Waals surface area contributed by atoms with Gasteiger partial charge in [-0.15, -0.1) is 11.3 Å². The van der Waals surface area contributed by atoms with Gasteiger partial charge in [-0.25, -0.2) is 0 Å². The number of hydrogen-bond donors (Lipinski definition) is 2. The highest BCUT2D eigenvalue weighted by Crippen LogP contribution is 2.30. The SMILES string of the molecule is O=C(Cc1ccc(NC(=O)C2CC2)cc1)NCc1cccs1. The minimum absolute atomic E-state index is 0.00293. The Morgan fingerprint density at radius 3 is 2.55 bits per heavy atom. The molecule has 114 valence electrons. The molecule has 0 spiro atoms. The van der Waals surface area contributed by atoms with Crippen molar-refractivity contribution in [3.8, 4) is 0 Å². The lowest BCUT2D eigenvalue weighted by Gasteiger charge is -2.07. The molecular formula is C17H18N2O2S. The lowest BCUT2D eigenvalue weighted by Crippen LogP contribution is -2.24. The Hall–Kier alpha value is -2.14. The maximum Gasteiger partial charge on any atom is 0.227 e. The molecule has 5 heteroatoms. The Labute approximate surface area is 133 Å². The van der Waals surface area contributed by atoms with E-state index in [1.165, 1.54) is 0 Å². The number of carbonyl (C=O) groups excluding carboxylic acids is 2. The number of thiophene rings is 1. The molecule has 1 heterocycles. The molecule has 22 heavy (non-hydrogen) atoms. The van der Waals surface area contributed by atoms with E-state index in [9.17, 15) is 9.59 Å². The normalized spacial score (nSPS) is 13.6. The van der Waals surface area contributed by atoms with E-state index in [-0.39, 0.29) is 17.7 Å². The van der Waals surface area contributed by atoms with Gasteiger partial charge in [-0.2, -0.15) is 0 Å². The fraction of sp³-hybridized carbons (Fsp3) is 0.294. The second kappa shape index (κ2) is 6.75. The van der Waals surface area contributed by atoms with E-state index in [2.05, 4.69) is 10.6 Å². The summed E-state index contributed by atoms with van der Waals surface area (Å²) in [6.07, 6.45) is 2.34. The van der Waals surface area contributed by atoms with Gasteiger partial charge in [-0.1, -0.05) is 18.2 Å². The molecule has 0 bridgehead atoms. The Balaban J connectivity index is 1.47. The van der Waals surface area contributed by atoms with Crippen LogP contribution >= 0.6 is 11.3 Å². The Kier molecular flexibility index (Phi) is 4.53. The number of carbonyl (C=O) groups is 2. The number of rotatable bonds is 6. The van der Waals surface area contributed by atoms with Crippen molar-refractivity contribution in [1.82, 2.24) is 5.32 Å². The molecule has 1 aliphatic carbocycles. The third-order valence-corrected chi connectivity index (χ3v) is 4.45. The molecule has 0 atom stereocenters. The molecule has 2 aromatic rings. The Morgan fingerprint density at radius 2 is 1.91 bits per heavy atom. The van der Waals surface area contributed by atoms with Crippen LogP contribution < -0.4 is 10.6 Å². The Morgan fingerprint density at radius 1 is 1.14 bits per heavy atom. The summed E-state index contributed by atoms with van der Waals surface area (Å²) >= 11 is 1.63. The second-order valence-corrected chi connectivity index (χ2v) is 6.53. The van der Waals surface area contributed by atoms with E-state index < -0.39 is 0 Å². The number of anilines is 1. The van der Waals surface area contributed by atoms with Crippen LogP contribution in [0, 0.1) is 5.92 Å². The third-order valence-electron chi connectivity index (χ3n) is 3.57. The largest absolute Gasteiger partial charge is 0.351 e. The van der Waals surface area contributed by atoms with Gasteiger partial charge >= 0.3 is 0 Å². The summed E-state index contributed by atoms with van der Waals surface area (Å²) in [7, 11) is 0. The smallest absolute Gasteiger partial charge is 0.227 e. The van der Waals surface area contributed by atoms with Crippen molar-refractivity contribution in [2.24, 2.45) is 5.92 Å². The summed E-state index contributed by atoms with van der Waals surface area (Å²) in [6.45, 7) is 0.575. The van der Waals surface area contributed by atoms with Gasteiger partial charge in [0.15, 0.2) is 0 Å². The topological polar surface area (TPSA) is 58.2 Å². The van der Waals surface area contributed by atoms with Crippen LogP contribution in [0.5, 0.6) is 0 Å². The van der Waals surface area contributed by atoms with Crippen LogP contribution in [0.1, 0.15) is 23.3 Å². The first kappa shape index (κ1) is 14.8. The highest BCUT2D eigenvalue weighted by Gasteiger charge is 2.29. The minimum atomic E-state index is 0.00293. The number of benzene rings is 1. The molecule has 4 nitrogen and oxygen atoms in total. The van der Waals surface area contributed by atoms with Crippen LogP contribution in [0.3, 0.4) is 0 Å².